The van der Waals surface area contributed by atoms with Gasteiger partial charge < -0.3 is 35.8 Å². The number of pyridine rings is 1. The number of carbonyl (C=O) groups is 3. The largest absolute Gasteiger partial charge is 0.394 e. The molecule has 12 heteroatoms. The highest BCUT2D eigenvalue weighted by Gasteiger charge is 2.26. The van der Waals surface area contributed by atoms with Gasteiger partial charge in [0.2, 0.25) is 5.91 Å². The molecule has 5 rings (SSSR count). The minimum Gasteiger partial charge on any atom is -0.394 e. The number of aliphatic hydroxyl groups is 2. The molecule has 1 aromatic heterocycles. The van der Waals surface area contributed by atoms with Gasteiger partial charge in [-0.3, -0.25) is 19.4 Å². The first-order valence-corrected chi connectivity index (χ1v) is 22.2. The van der Waals surface area contributed by atoms with Crippen molar-refractivity contribution in [2.45, 2.75) is 108 Å². The van der Waals surface area contributed by atoms with Crippen LogP contribution in [0.1, 0.15) is 117 Å². The lowest BCUT2D eigenvalue weighted by molar-refractivity contribution is -0.124. The number of nitrogens with one attached hydrogen (secondary N) is 3. The predicted octanol–water partition coefficient (Wildman–Crippen LogP) is 8.10. The molecule has 1 aliphatic carbocycles. The summed E-state index contributed by atoms with van der Waals surface area (Å²) in [4.78, 5) is 46.8. The summed E-state index contributed by atoms with van der Waals surface area (Å²) >= 11 is 1.79. The molecule has 0 fully saturated rings. The number of nitrogens with zero attached hydrogens (tertiary/aromatic N) is 2. The third kappa shape index (κ3) is 13.1. The van der Waals surface area contributed by atoms with Gasteiger partial charge in [-0.05, 0) is 119 Å². The molecule has 4 aromatic rings. The van der Waals surface area contributed by atoms with Crippen LogP contribution in [0.25, 0.3) is 11.3 Å². The summed E-state index contributed by atoms with van der Waals surface area (Å²) in [6.45, 7) is 14.0. The van der Waals surface area contributed by atoms with Gasteiger partial charge in [0.15, 0.2) is 0 Å². The Balaban J connectivity index is 1.24. The van der Waals surface area contributed by atoms with Crippen LogP contribution in [0.4, 0.5) is 11.4 Å². The van der Waals surface area contributed by atoms with Crippen LogP contribution >= 0.6 is 11.8 Å². The summed E-state index contributed by atoms with van der Waals surface area (Å²) in [7, 11) is 0. The Bertz CT molecular complexity index is 2060. The van der Waals surface area contributed by atoms with E-state index in [9.17, 15) is 24.6 Å². The fourth-order valence-corrected chi connectivity index (χ4v) is 8.32. The summed E-state index contributed by atoms with van der Waals surface area (Å²) in [6.07, 6.45) is 6.09. The molecule has 0 radical (unpaired) electrons. The van der Waals surface area contributed by atoms with E-state index in [1.807, 2.05) is 68.4 Å². The molecule has 11 nitrogen and oxygen atoms in total. The molecule has 1 atom stereocenters. The highest BCUT2D eigenvalue weighted by Crippen LogP contribution is 2.35. The highest BCUT2D eigenvalue weighted by atomic mass is 32.2. The number of ether oxygens (including phenoxy) is 1. The first kappa shape index (κ1) is 46.3. The second-order valence-electron chi connectivity index (χ2n) is 16.6. The lowest BCUT2D eigenvalue weighted by Crippen LogP contribution is -2.40. The van der Waals surface area contributed by atoms with Crippen molar-refractivity contribution in [1.29, 1.82) is 0 Å². The van der Waals surface area contributed by atoms with Crippen LogP contribution in [0.3, 0.4) is 0 Å². The predicted molar refractivity (Wildman–Crippen MR) is 243 cm³/mol. The molecule has 0 bridgehead atoms. The van der Waals surface area contributed by atoms with Gasteiger partial charge in [-0.25, -0.2) is 0 Å². The number of hydrogen-bond acceptors (Lipinski definition) is 9. The van der Waals surface area contributed by atoms with Gasteiger partial charge in [-0.1, -0.05) is 50.2 Å². The molecule has 0 unspecified atom stereocenters. The van der Waals surface area contributed by atoms with Crippen molar-refractivity contribution in [2.24, 2.45) is 0 Å². The maximum Gasteiger partial charge on any atom is 0.255 e. The SMILES string of the molecule is CCN(CC)c1ccc(NC(=O)c2cccc(CSC(C)(C)CCOC(C)(C)CCC(=O)NC(CO)CO)c2)c(-c2cc(C(=O)N[C@H]3CCCc4ccccc43)ccn2)c1. The van der Waals surface area contributed by atoms with E-state index in [1.54, 1.807) is 30.1 Å². The van der Waals surface area contributed by atoms with Crippen molar-refractivity contribution in [2.75, 3.05) is 43.1 Å². The van der Waals surface area contributed by atoms with Crippen molar-refractivity contribution >= 4 is 40.9 Å². The van der Waals surface area contributed by atoms with Gasteiger partial charge in [-0.15, -0.1) is 0 Å². The van der Waals surface area contributed by atoms with Crippen LogP contribution in [-0.2, 0) is 21.7 Å². The third-order valence-electron chi connectivity index (χ3n) is 11.1. The lowest BCUT2D eigenvalue weighted by Gasteiger charge is -2.29. The molecular formula is C48H63N5O6S. The number of amides is 3. The van der Waals surface area contributed by atoms with E-state index >= 15 is 0 Å². The molecular weight excluding hydrogens is 775 g/mol. The average molecular weight is 838 g/mol. The quantitative estimate of drug-likeness (QED) is 0.0561. The summed E-state index contributed by atoms with van der Waals surface area (Å²) in [5, 5.41) is 27.5. The van der Waals surface area contributed by atoms with Crippen molar-refractivity contribution in [3.8, 4) is 11.3 Å². The fraction of sp³-hybridized carbons (Fsp3) is 0.458. The third-order valence-corrected chi connectivity index (χ3v) is 12.6. The Labute approximate surface area is 360 Å². The lowest BCUT2D eigenvalue weighted by atomic mass is 9.87. The molecule has 0 spiro atoms. The van der Waals surface area contributed by atoms with Gasteiger partial charge in [0.25, 0.3) is 11.8 Å². The molecule has 3 aromatic carbocycles. The Morgan fingerprint density at radius 2 is 1.65 bits per heavy atom. The Morgan fingerprint density at radius 1 is 0.900 bits per heavy atom. The zero-order chi connectivity index (χ0) is 43.3. The summed E-state index contributed by atoms with van der Waals surface area (Å²) in [5.41, 5.74) is 6.93. The summed E-state index contributed by atoms with van der Waals surface area (Å²) in [6, 6.07) is 24.8. The summed E-state index contributed by atoms with van der Waals surface area (Å²) < 4.78 is 6.07. The number of anilines is 2. The number of benzene rings is 3. The number of carbonyl (C=O) groups excluding carboxylic acids is 3. The topological polar surface area (TPSA) is 153 Å². The number of thioether (sulfide) groups is 1. The normalized spacial score (nSPS) is 14.1. The fourth-order valence-electron chi connectivity index (χ4n) is 7.36. The molecule has 5 N–H and O–H groups in total. The number of fused-ring (bicyclic) bond motifs is 1. The zero-order valence-corrected chi connectivity index (χ0v) is 36.9. The van der Waals surface area contributed by atoms with E-state index in [-0.39, 0.29) is 48.1 Å². The van der Waals surface area contributed by atoms with Crippen LogP contribution in [0, 0.1) is 0 Å². The number of aliphatic hydroxyl groups excluding tert-OH is 2. The van der Waals surface area contributed by atoms with E-state index in [2.05, 4.69) is 60.7 Å². The monoisotopic (exact) mass is 837 g/mol. The molecule has 0 aliphatic heterocycles. The molecule has 60 heavy (non-hydrogen) atoms. The first-order valence-electron chi connectivity index (χ1n) is 21.2. The number of aromatic nitrogens is 1. The van der Waals surface area contributed by atoms with Crippen molar-refractivity contribution in [1.82, 2.24) is 15.6 Å². The number of aryl methyl sites for hydroxylation is 1. The zero-order valence-electron chi connectivity index (χ0n) is 36.1. The van der Waals surface area contributed by atoms with Gasteiger partial charge in [0.05, 0.1) is 42.3 Å². The van der Waals surface area contributed by atoms with Crippen LogP contribution in [0.5, 0.6) is 0 Å². The van der Waals surface area contributed by atoms with E-state index < -0.39 is 11.6 Å². The molecule has 0 saturated carbocycles. The van der Waals surface area contributed by atoms with E-state index in [1.165, 1.54) is 11.1 Å². The van der Waals surface area contributed by atoms with Crippen molar-refractivity contribution < 1.29 is 29.3 Å². The standard InChI is InChI=1S/C48H63N5O6S/c1-7-53(8-2)38-19-20-42(40(29-38)43-28-36(22-25-49-43)46(58)51-41-18-12-15-34-14-9-10-17-39(34)41)52-45(57)35-16-11-13-33(27-35)32-60-48(5,6)24-26-59-47(3,4)23-21-44(56)50-37(30-54)31-55/h9-11,13-14,16-17,19-20,22,25,27-29,37,41,54-55H,7-8,12,15,18,21,23-24,26,30-32H2,1-6H3,(H,50,56)(H,51,58)(H,52,57)/t41-/m0/s1. The second kappa shape index (κ2) is 21.7. The highest BCUT2D eigenvalue weighted by molar-refractivity contribution is 7.99. The van der Waals surface area contributed by atoms with E-state index in [0.717, 1.165) is 55.6 Å². The molecule has 1 heterocycles. The van der Waals surface area contributed by atoms with Crippen LogP contribution in [-0.4, -0.2) is 82.2 Å². The average Bonchev–Trinajstić information content (AvgIpc) is 3.25. The Kier molecular flexibility index (Phi) is 16.7. The Morgan fingerprint density at radius 3 is 2.40 bits per heavy atom. The Hall–Kier alpha value is -4.75. The maximum absolute atomic E-state index is 13.9. The molecule has 3 amide bonds. The molecule has 1 aliphatic rings. The van der Waals surface area contributed by atoms with Crippen LogP contribution in [0.15, 0.2) is 85.1 Å². The first-order chi connectivity index (χ1) is 28.7. The van der Waals surface area contributed by atoms with Crippen LogP contribution in [0.2, 0.25) is 0 Å². The van der Waals surface area contributed by atoms with Crippen LogP contribution < -0.4 is 20.9 Å². The molecule has 322 valence electrons. The van der Waals surface area contributed by atoms with Crippen molar-refractivity contribution in [3.05, 3.63) is 113 Å². The van der Waals surface area contributed by atoms with Gasteiger partial charge in [-0.2, -0.15) is 11.8 Å². The van der Waals surface area contributed by atoms with Gasteiger partial charge in [0, 0.05) is 65.2 Å². The van der Waals surface area contributed by atoms with Crippen molar-refractivity contribution in [3.63, 3.8) is 0 Å². The minimum absolute atomic E-state index is 0.0503. The smallest absolute Gasteiger partial charge is 0.255 e. The number of rotatable bonds is 21. The van der Waals surface area contributed by atoms with Gasteiger partial charge >= 0.3 is 0 Å². The summed E-state index contributed by atoms with van der Waals surface area (Å²) in [5.74, 6) is 0.0686. The minimum atomic E-state index is -0.656. The van der Waals surface area contributed by atoms with E-state index in [0.29, 0.717) is 41.3 Å². The number of hydrogen-bond donors (Lipinski definition) is 5. The molecule has 0 saturated heterocycles. The second-order valence-corrected chi connectivity index (χ2v) is 18.3. The van der Waals surface area contributed by atoms with Gasteiger partial charge in [0.1, 0.15) is 0 Å². The maximum atomic E-state index is 13.9. The van der Waals surface area contributed by atoms with E-state index in [4.69, 9.17) is 9.72 Å².